The van der Waals surface area contributed by atoms with Gasteiger partial charge in [-0.25, -0.2) is 0 Å². The zero-order valence-corrected chi connectivity index (χ0v) is 8.47. The lowest BCUT2D eigenvalue weighted by molar-refractivity contribution is -0.0417. The monoisotopic (exact) mass is 190 g/mol. The van der Waals surface area contributed by atoms with Gasteiger partial charge in [-0.1, -0.05) is 12.2 Å². The van der Waals surface area contributed by atoms with Gasteiger partial charge < -0.3 is 5.11 Å². The van der Waals surface area contributed by atoms with Crippen LogP contribution in [0.1, 0.15) is 25.7 Å². The quantitative estimate of drug-likeness (QED) is 0.581. The first-order valence-corrected chi connectivity index (χ1v) is 6.22. The average molecular weight is 190 g/mol. The number of aliphatic hydroxyl groups is 1. The largest absolute Gasteiger partial charge is 0.393 e. The first kappa shape index (κ1) is 7.92. The standard InChI is InChI=1S/C13H18O/c14-13-9-5-6-10(13)12-8-4-2-1-3-7(8)11(9)12/h1,3,7-14H,2,4-6H2. The van der Waals surface area contributed by atoms with Crippen LogP contribution in [0.5, 0.6) is 0 Å². The fraction of sp³-hybridized carbons (Fsp3) is 0.846. The van der Waals surface area contributed by atoms with Crippen LogP contribution in [0.15, 0.2) is 12.2 Å². The van der Waals surface area contributed by atoms with Crippen LogP contribution < -0.4 is 0 Å². The predicted molar refractivity (Wildman–Crippen MR) is 54.6 cm³/mol. The third-order valence-electron chi connectivity index (χ3n) is 5.60. The number of aliphatic hydroxyl groups excluding tert-OH is 1. The van der Waals surface area contributed by atoms with E-state index in [0.717, 1.165) is 23.7 Å². The topological polar surface area (TPSA) is 20.2 Å². The third-order valence-corrected chi connectivity index (χ3v) is 5.60. The van der Waals surface area contributed by atoms with E-state index >= 15 is 0 Å². The molecule has 1 heteroatoms. The summed E-state index contributed by atoms with van der Waals surface area (Å²) in [5.41, 5.74) is 0. The molecule has 0 aromatic heterocycles. The lowest BCUT2D eigenvalue weighted by Crippen LogP contribution is -2.49. The molecule has 0 amide bonds. The van der Waals surface area contributed by atoms with Crippen molar-refractivity contribution >= 4 is 0 Å². The van der Waals surface area contributed by atoms with Crippen LogP contribution in [-0.4, -0.2) is 11.2 Å². The minimum Gasteiger partial charge on any atom is -0.393 e. The van der Waals surface area contributed by atoms with Crippen molar-refractivity contribution in [3.8, 4) is 0 Å². The average Bonchev–Trinajstić information content (AvgIpc) is 2.65. The second-order valence-electron chi connectivity index (χ2n) is 5.80. The predicted octanol–water partition coefficient (Wildman–Crippen LogP) is 2.22. The highest BCUT2D eigenvalue weighted by molar-refractivity contribution is 5.19. The Morgan fingerprint density at radius 2 is 1.71 bits per heavy atom. The summed E-state index contributed by atoms with van der Waals surface area (Å²) in [7, 11) is 0. The molecular formula is C13H18O. The van der Waals surface area contributed by atoms with Crippen LogP contribution in [-0.2, 0) is 0 Å². The molecule has 0 aliphatic heterocycles. The zero-order chi connectivity index (χ0) is 9.28. The van der Waals surface area contributed by atoms with Crippen molar-refractivity contribution in [3.05, 3.63) is 12.2 Å². The fourth-order valence-electron chi connectivity index (χ4n) is 5.19. The van der Waals surface area contributed by atoms with Crippen molar-refractivity contribution in [3.63, 3.8) is 0 Å². The molecule has 76 valence electrons. The number of allylic oxidation sites excluding steroid dienone is 2. The van der Waals surface area contributed by atoms with Crippen molar-refractivity contribution in [1.29, 1.82) is 0 Å². The van der Waals surface area contributed by atoms with Crippen LogP contribution in [0, 0.1) is 35.5 Å². The summed E-state index contributed by atoms with van der Waals surface area (Å²) in [5.74, 6) is 4.98. The summed E-state index contributed by atoms with van der Waals surface area (Å²) in [5, 5.41) is 10.1. The summed E-state index contributed by atoms with van der Waals surface area (Å²) < 4.78 is 0. The van der Waals surface area contributed by atoms with Gasteiger partial charge in [0.05, 0.1) is 6.10 Å². The van der Waals surface area contributed by atoms with Gasteiger partial charge in [-0.05, 0) is 61.2 Å². The van der Waals surface area contributed by atoms with E-state index in [2.05, 4.69) is 12.2 Å². The normalized spacial score (nSPS) is 63.4. The highest BCUT2D eigenvalue weighted by Crippen LogP contribution is 2.68. The second kappa shape index (κ2) is 2.44. The Balaban J connectivity index is 1.71. The van der Waals surface area contributed by atoms with Crippen molar-refractivity contribution in [2.45, 2.75) is 31.8 Å². The van der Waals surface area contributed by atoms with E-state index in [9.17, 15) is 5.11 Å². The minimum atomic E-state index is 0.0731. The Labute approximate surface area is 85.2 Å². The van der Waals surface area contributed by atoms with E-state index < -0.39 is 0 Å². The van der Waals surface area contributed by atoms with E-state index in [0.29, 0.717) is 11.8 Å². The summed E-state index contributed by atoms with van der Waals surface area (Å²) in [4.78, 5) is 0. The molecule has 0 aromatic rings. The molecule has 0 saturated heterocycles. The Hall–Kier alpha value is -0.300. The van der Waals surface area contributed by atoms with Gasteiger partial charge in [0, 0.05) is 0 Å². The molecular weight excluding hydrogens is 172 g/mol. The summed E-state index contributed by atoms with van der Waals surface area (Å²) in [6.07, 6.45) is 10.2. The Morgan fingerprint density at radius 3 is 2.57 bits per heavy atom. The molecule has 7 unspecified atom stereocenters. The molecule has 7 atom stereocenters. The molecule has 2 bridgehead atoms. The van der Waals surface area contributed by atoms with E-state index in [1.165, 1.54) is 25.7 Å². The number of hydrogen-bond donors (Lipinski definition) is 1. The number of fused-ring (bicyclic) bond motifs is 8. The maximum atomic E-state index is 10.1. The third kappa shape index (κ3) is 0.701. The van der Waals surface area contributed by atoms with Gasteiger partial charge >= 0.3 is 0 Å². The molecule has 14 heavy (non-hydrogen) atoms. The van der Waals surface area contributed by atoms with E-state index in [4.69, 9.17) is 0 Å². The molecule has 3 saturated carbocycles. The van der Waals surface area contributed by atoms with Crippen LogP contribution >= 0.6 is 0 Å². The van der Waals surface area contributed by atoms with Crippen LogP contribution in [0.25, 0.3) is 0 Å². The SMILES string of the molecule is OC1C2CCC1C1C3CCC=CC3C21. The molecule has 1 N–H and O–H groups in total. The van der Waals surface area contributed by atoms with Gasteiger partial charge in [-0.3, -0.25) is 0 Å². The maximum absolute atomic E-state index is 10.1. The van der Waals surface area contributed by atoms with E-state index in [1.807, 2.05) is 0 Å². The summed E-state index contributed by atoms with van der Waals surface area (Å²) in [6.45, 7) is 0. The Bertz CT molecular complexity index is 296. The molecule has 0 spiro atoms. The van der Waals surface area contributed by atoms with Gasteiger partial charge in [0.1, 0.15) is 0 Å². The lowest BCUT2D eigenvalue weighted by atomic mass is 9.50. The zero-order valence-electron chi connectivity index (χ0n) is 8.47. The van der Waals surface area contributed by atoms with E-state index in [1.54, 1.807) is 0 Å². The van der Waals surface area contributed by atoms with Gasteiger partial charge in [-0.2, -0.15) is 0 Å². The molecule has 4 rings (SSSR count). The number of hydrogen-bond acceptors (Lipinski definition) is 1. The Kier molecular flexibility index (Phi) is 1.38. The van der Waals surface area contributed by atoms with Crippen molar-refractivity contribution in [2.24, 2.45) is 35.5 Å². The molecule has 0 aromatic carbocycles. The fourth-order valence-corrected chi connectivity index (χ4v) is 5.19. The smallest absolute Gasteiger partial charge is 0.0602 e. The highest BCUT2D eigenvalue weighted by Gasteiger charge is 2.65. The molecule has 4 aliphatic rings. The van der Waals surface area contributed by atoms with Crippen LogP contribution in [0.2, 0.25) is 0 Å². The highest BCUT2D eigenvalue weighted by atomic mass is 16.3. The van der Waals surface area contributed by atoms with Crippen LogP contribution in [0.3, 0.4) is 0 Å². The Morgan fingerprint density at radius 1 is 0.929 bits per heavy atom. The first-order valence-electron chi connectivity index (χ1n) is 6.22. The molecule has 1 nitrogen and oxygen atoms in total. The summed E-state index contributed by atoms with van der Waals surface area (Å²) >= 11 is 0. The van der Waals surface area contributed by atoms with Gasteiger partial charge in [-0.15, -0.1) is 0 Å². The van der Waals surface area contributed by atoms with Gasteiger partial charge in [0.25, 0.3) is 0 Å². The van der Waals surface area contributed by atoms with Crippen molar-refractivity contribution in [1.82, 2.24) is 0 Å². The first-order chi connectivity index (χ1) is 6.88. The van der Waals surface area contributed by atoms with E-state index in [-0.39, 0.29) is 6.10 Å². The van der Waals surface area contributed by atoms with Crippen molar-refractivity contribution in [2.75, 3.05) is 0 Å². The van der Waals surface area contributed by atoms with Crippen molar-refractivity contribution < 1.29 is 5.11 Å². The molecule has 3 fully saturated rings. The number of rotatable bonds is 0. The maximum Gasteiger partial charge on any atom is 0.0602 e. The van der Waals surface area contributed by atoms with Crippen LogP contribution in [0.4, 0.5) is 0 Å². The molecule has 0 radical (unpaired) electrons. The summed E-state index contributed by atoms with van der Waals surface area (Å²) in [6, 6.07) is 0. The molecule has 0 heterocycles. The molecule has 4 aliphatic carbocycles. The lowest BCUT2D eigenvalue weighted by Gasteiger charge is -2.54. The second-order valence-corrected chi connectivity index (χ2v) is 5.80. The van der Waals surface area contributed by atoms with Gasteiger partial charge in [0.15, 0.2) is 0 Å². The van der Waals surface area contributed by atoms with Gasteiger partial charge in [0.2, 0.25) is 0 Å². The minimum absolute atomic E-state index is 0.0731.